The van der Waals surface area contributed by atoms with Gasteiger partial charge in [0.05, 0.1) is 17.6 Å². The molecule has 1 amide bonds. The second-order valence-corrected chi connectivity index (χ2v) is 7.07. The minimum Gasteiger partial charge on any atom is -0.323 e. The smallest absolute Gasteiger partial charge is 0.323 e. The lowest BCUT2D eigenvalue weighted by molar-refractivity contribution is -0.139. The number of anilines is 2. The number of hydrogen-bond acceptors (Lipinski definition) is 4. The molecule has 0 aliphatic rings. The number of nitrogens with one attached hydrogen (secondary N) is 2. The van der Waals surface area contributed by atoms with Crippen molar-refractivity contribution in [2.24, 2.45) is 0 Å². The Hall–Kier alpha value is -2.82. The number of pyridine rings is 1. The van der Waals surface area contributed by atoms with Crippen molar-refractivity contribution in [3.8, 4) is 0 Å². The predicted octanol–water partition coefficient (Wildman–Crippen LogP) is 1.88. The van der Waals surface area contributed by atoms with Crippen molar-refractivity contribution in [3.05, 3.63) is 58.5 Å². The molecule has 0 unspecified atom stereocenters. The number of halogens is 3. The Morgan fingerprint density at radius 2 is 1.73 bits per heavy atom. The third-order valence-electron chi connectivity index (χ3n) is 3.14. The molecule has 1 aromatic carbocycles. The molecule has 0 bridgehead atoms. The number of hydrogen-bond donors (Lipinski definition) is 2. The van der Waals surface area contributed by atoms with Crippen LogP contribution in [0.15, 0.2) is 47.4 Å². The molecule has 1 aromatic heterocycles. The number of aromatic nitrogens is 1. The van der Waals surface area contributed by atoms with Crippen molar-refractivity contribution in [3.63, 3.8) is 0 Å². The Kier molecular flexibility index (Phi) is 5.40. The van der Waals surface area contributed by atoms with Crippen LogP contribution in [0.5, 0.6) is 0 Å². The van der Waals surface area contributed by atoms with Crippen LogP contribution in [-0.4, -0.2) is 25.1 Å². The Morgan fingerprint density at radius 3 is 2.31 bits per heavy atom. The van der Waals surface area contributed by atoms with Gasteiger partial charge in [0.2, 0.25) is 15.9 Å². The van der Waals surface area contributed by atoms with Crippen LogP contribution in [0.2, 0.25) is 0 Å². The topological polar surface area (TPSA) is 97.3 Å². The molecule has 0 atom stereocenters. The second-order valence-electron chi connectivity index (χ2n) is 5.32. The Balaban J connectivity index is 2.22. The van der Waals surface area contributed by atoms with Gasteiger partial charge < -0.3 is 9.88 Å². The zero-order chi connectivity index (χ0) is 19.5. The molecule has 26 heavy (non-hydrogen) atoms. The molecule has 0 aliphatic heterocycles. The van der Waals surface area contributed by atoms with Crippen LogP contribution >= 0.6 is 0 Å². The van der Waals surface area contributed by atoms with Crippen LogP contribution in [0.1, 0.15) is 5.56 Å². The number of carbonyl (C=O) groups is 1. The van der Waals surface area contributed by atoms with Crippen molar-refractivity contribution < 1.29 is 26.4 Å². The first kappa shape index (κ1) is 19.5. The summed E-state index contributed by atoms with van der Waals surface area (Å²) in [6, 6.07) is 7.49. The lowest BCUT2D eigenvalue weighted by atomic mass is 10.2. The monoisotopic (exact) mass is 389 g/mol. The van der Waals surface area contributed by atoms with Crippen molar-refractivity contribution >= 4 is 27.3 Å². The number of sulfonamides is 1. The fourth-order valence-corrected chi connectivity index (χ4v) is 2.68. The van der Waals surface area contributed by atoms with Crippen molar-refractivity contribution in [2.75, 3.05) is 16.3 Å². The summed E-state index contributed by atoms with van der Waals surface area (Å²) in [7, 11) is -3.60. The van der Waals surface area contributed by atoms with E-state index < -0.39 is 39.8 Å². The quantitative estimate of drug-likeness (QED) is 0.816. The number of nitrogens with zero attached hydrogens (tertiary/aromatic N) is 1. The maximum Gasteiger partial charge on any atom is 0.421 e. The van der Waals surface area contributed by atoms with Crippen LogP contribution in [-0.2, 0) is 27.5 Å². The summed E-state index contributed by atoms with van der Waals surface area (Å²) >= 11 is 0. The third kappa shape index (κ3) is 5.09. The highest BCUT2D eigenvalue weighted by molar-refractivity contribution is 7.92. The highest BCUT2D eigenvalue weighted by Gasteiger charge is 2.34. The van der Waals surface area contributed by atoms with Crippen LogP contribution in [0.3, 0.4) is 0 Å². The van der Waals surface area contributed by atoms with E-state index in [4.69, 9.17) is 0 Å². The molecule has 1 heterocycles. The van der Waals surface area contributed by atoms with Gasteiger partial charge in [-0.15, -0.1) is 0 Å². The van der Waals surface area contributed by atoms with Crippen LogP contribution in [0.25, 0.3) is 0 Å². The molecule has 0 fully saturated rings. The number of rotatable bonds is 5. The van der Waals surface area contributed by atoms with Gasteiger partial charge in [0.15, 0.2) is 0 Å². The summed E-state index contributed by atoms with van der Waals surface area (Å²) in [6.07, 6.45) is -2.85. The first-order valence-electron chi connectivity index (χ1n) is 7.11. The first-order valence-corrected chi connectivity index (χ1v) is 9.00. The molecular weight excluding hydrogens is 375 g/mol. The number of benzene rings is 1. The van der Waals surface area contributed by atoms with Gasteiger partial charge in [-0.1, -0.05) is 12.1 Å². The van der Waals surface area contributed by atoms with Gasteiger partial charge >= 0.3 is 6.18 Å². The zero-order valence-corrected chi connectivity index (χ0v) is 14.2. The molecule has 0 spiro atoms. The van der Waals surface area contributed by atoms with Crippen molar-refractivity contribution in [1.82, 2.24) is 4.57 Å². The standard InChI is InChI=1S/C15H14F3N3O4S/c1-26(24,25)20-12-7-3-2-6-11(12)19-13(22)9-21-8-4-5-10(14(21)23)15(16,17)18/h2-8,20H,9H2,1H3,(H,19,22). The highest BCUT2D eigenvalue weighted by Crippen LogP contribution is 2.26. The predicted molar refractivity (Wildman–Crippen MR) is 89.2 cm³/mol. The SMILES string of the molecule is CS(=O)(=O)Nc1ccccc1NC(=O)Cn1cccc(C(F)(F)F)c1=O. The number of para-hydroxylation sites is 2. The van der Waals surface area contributed by atoms with Crippen LogP contribution in [0.4, 0.5) is 24.5 Å². The van der Waals surface area contributed by atoms with E-state index in [1.165, 1.54) is 24.3 Å². The zero-order valence-electron chi connectivity index (χ0n) is 13.4. The molecule has 2 N–H and O–H groups in total. The lowest BCUT2D eigenvalue weighted by Crippen LogP contribution is -2.32. The van der Waals surface area contributed by atoms with Crippen molar-refractivity contribution in [1.29, 1.82) is 0 Å². The normalized spacial score (nSPS) is 11.8. The van der Waals surface area contributed by atoms with Crippen LogP contribution < -0.4 is 15.6 Å². The second kappa shape index (κ2) is 7.20. The fourth-order valence-electron chi connectivity index (χ4n) is 2.10. The Bertz CT molecular complexity index is 984. The van der Waals surface area contributed by atoms with Crippen molar-refractivity contribution in [2.45, 2.75) is 12.7 Å². The van der Waals surface area contributed by atoms with E-state index in [9.17, 15) is 31.2 Å². The molecular formula is C15H14F3N3O4S. The molecule has 2 aromatic rings. The van der Waals surface area contributed by atoms with Gasteiger partial charge in [-0.05, 0) is 24.3 Å². The van der Waals surface area contributed by atoms with E-state index >= 15 is 0 Å². The van der Waals surface area contributed by atoms with Gasteiger partial charge in [-0.3, -0.25) is 14.3 Å². The van der Waals surface area contributed by atoms with Gasteiger partial charge in [0.1, 0.15) is 12.1 Å². The third-order valence-corrected chi connectivity index (χ3v) is 3.73. The first-order chi connectivity index (χ1) is 12.0. The van der Waals surface area contributed by atoms with Gasteiger partial charge in [-0.25, -0.2) is 8.42 Å². The maximum atomic E-state index is 12.7. The van der Waals surface area contributed by atoms with Gasteiger partial charge in [0, 0.05) is 6.20 Å². The van der Waals surface area contributed by atoms with E-state index in [0.29, 0.717) is 10.6 Å². The number of carbonyl (C=O) groups excluding carboxylic acids is 1. The Morgan fingerprint density at radius 1 is 1.12 bits per heavy atom. The summed E-state index contributed by atoms with van der Waals surface area (Å²) in [6.45, 7) is -0.671. The molecule has 0 saturated heterocycles. The summed E-state index contributed by atoms with van der Waals surface area (Å²) in [5.74, 6) is -0.797. The highest BCUT2D eigenvalue weighted by atomic mass is 32.2. The largest absolute Gasteiger partial charge is 0.421 e. The molecule has 2 rings (SSSR count). The lowest BCUT2D eigenvalue weighted by Gasteiger charge is -2.13. The average Bonchev–Trinajstić information content (AvgIpc) is 2.49. The summed E-state index contributed by atoms with van der Waals surface area (Å²) in [5, 5.41) is 2.36. The van der Waals surface area contributed by atoms with E-state index in [1.54, 1.807) is 0 Å². The molecule has 0 radical (unpaired) electrons. The molecule has 7 nitrogen and oxygen atoms in total. The molecule has 0 saturated carbocycles. The van der Waals surface area contributed by atoms with Gasteiger partial charge in [0.25, 0.3) is 5.56 Å². The summed E-state index contributed by atoms with van der Waals surface area (Å²) in [5.41, 5.74) is -2.55. The average molecular weight is 389 g/mol. The van der Waals surface area contributed by atoms with E-state index in [0.717, 1.165) is 18.5 Å². The fraction of sp³-hybridized carbons (Fsp3) is 0.200. The number of amides is 1. The maximum absolute atomic E-state index is 12.7. The van der Waals surface area contributed by atoms with E-state index in [1.807, 2.05) is 0 Å². The van der Waals surface area contributed by atoms with Gasteiger partial charge in [-0.2, -0.15) is 13.2 Å². The summed E-state index contributed by atoms with van der Waals surface area (Å²) < 4.78 is 63.7. The van der Waals surface area contributed by atoms with Crippen LogP contribution in [0, 0.1) is 0 Å². The molecule has 0 aliphatic carbocycles. The van der Waals surface area contributed by atoms with E-state index in [-0.39, 0.29) is 11.4 Å². The van der Waals surface area contributed by atoms with E-state index in [2.05, 4.69) is 10.0 Å². The summed E-state index contributed by atoms with van der Waals surface area (Å²) in [4.78, 5) is 23.9. The molecule has 140 valence electrons. The minimum absolute atomic E-state index is 0.0831. The minimum atomic E-state index is -4.83. The Labute approximate surface area is 146 Å². The molecule has 11 heteroatoms. The number of alkyl halides is 3.